The second-order valence-electron chi connectivity index (χ2n) is 12.2. The van der Waals surface area contributed by atoms with Gasteiger partial charge in [-0.1, -0.05) is 90.9 Å². The standard InChI is InChI=1S/C35H64O10/c1-3-5-7-9-11-19-25-42-31(38)21-15-13-17-23-33(40)44-29-35(27-36,28-37)30-45-34(41)24-18-14-16-22-32(39)43-26-20-12-10-8-6-4-2/h36-37H,3-30H2,1-2H3. The van der Waals surface area contributed by atoms with Crippen LogP contribution in [0.3, 0.4) is 0 Å². The Bertz CT molecular complexity index is 693. The summed E-state index contributed by atoms with van der Waals surface area (Å²) < 4.78 is 21.0. The van der Waals surface area contributed by atoms with Crippen LogP contribution in [-0.4, -0.2) is 73.7 Å². The van der Waals surface area contributed by atoms with Gasteiger partial charge in [-0.2, -0.15) is 0 Å². The first kappa shape index (κ1) is 42.8. The Labute approximate surface area is 272 Å². The van der Waals surface area contributed by atoms with E-state index in [1.165, 1.54) is 51.4 Å². The predicted molar refractivity (Wildman–Crippen MR) is 173 cm³/mol. The molecule has 0 aliphatic carbocycles. The molecular formula is C35H64O10. The van der Waals surface area contributed by atoms with E-state index in [-0.39, 0.29) is 38.0 Å². The number of hydrogen-bond acceptors (Lipinski definition) is 10. The summed E-state index contributed by atoms with van der Waals surface area (Å²) in [5.41, 5.74) is -1.29. The number of hydrogen-bond donors (Lipinski definition) is 2. The Balaban J connectivity index is 3.95. The minimum absolute atomic E-state index is 0.145. The van der Waals surface area contributed by atoms with Crippen molar-refractivity contribution in [1.82, 2.24) is 0 Å². The van der Waals surface area contributed by atoms with Crippen molar-refractivity contribution < 1.29 is 48.3 Å². The highest BCUT2D eigenvalue weighted by molar-refractivity contribution is 5.70. The molecule has 0 aromatic heterocycles. The van der Waals surface area contributed by atoms with Crippen molar-refractivity contribution in [3.05, 3.63) is 0 Å². The smallest absolute Gasteiger partial charge is 0.305 e. The van der Waals surface area contributed by atoms with E-state index in [0.29, 0.717) is 64.6 Å². The number of aliphatic hydroxyl groups is 2. The molecule has 0 amide bonds. The molecule has 0 aliphatic rings. The molecule has 0 radical (unpaired) electrons. The Kier molecular flexibility index (Phi) is 29.0. The van der Waals surface area contributed by atoms with E-state index >= 15 is 0 Å². The van der Waals surface area contributed by atoms with E-state index in [0.717, 1.165) is 25.7 Å². The lowest BCUT2D eigenvalue weighted by Gasteiger charge is -2.28. The van der Waals surface area contributed by atoms with E-state index in [2.05, 4.69) is 13.8 Å². The highest BCUT2D eigenvalue weighted by Crippen LogP contribution is 2.19. The minimum Gasteiger partial charge on any atom is -0.466 e. The molecule has 0 bridgehead atoms. The van der Waals surface area contributed by atoms with Crippen LogP contribution in [0.4, 0.5) is 0 Å². The number of esters is 4. The summed E-state index contributed by atoms with van der Waals surface area (Å²) >= 11 is 0. The van der Waals surface area contributed by atoms with Gasteiger partial charge in [0.15, 0.2) is 0 Å². The number of carbonyl (C=O) groups excluding carboxylic acids is 4. The van der Waals surface area contributed by atoms with Crippen LogP contribution in [0.5, 0.6) is 0 Å². The molecule has 0 aromatic rings. The summed E-state index contributed by atoms with van der Waals surface area (Å²) in [5, 5.41) is 19.6. The number of unbranched alkanes of at least 4 members (excludes halogenated alkanes) is 14. The molecule has 0 saturated carbocycles. The van der Waals surface area contributed by atoms with Crippen molar-refractivity contribution in [3.8, 4) is 0 Å². The van der Waals surface area contributed by atoms with E-state index < -0.39 is 30.6 Å². The van der Waals surface area contributed by atoms with Gasteiger partial charge in [0.05, 0.1) is 31.8 Å². The minimum atomic E-state index is -1.29. The molecule has 0 aromatic carbocycles. The van der Waals surface area contributed by atoms with Gasteiger partial charge in [0.1, 0.15) is 13.2 Å². The molecule has 0 unspecified atom stereocenters. The van der Waals surface area contributed by atoms with E-state index in [1.54, 1.807) is 0 Å². The Morgan fingerprint density at radius 2 is 0.711 bits per heavy atom. The van der Waals surface area contributed by atoms with Gasteiger partial charge in [-0.25, -0.2) is 0 Å². The summed E-state index contributed by atoms with van der Waals surface area (Å²) in [7, 11) is 0. The zero-order valence-corrected chi connectivity index (χ0v) is 28.5. The van der Waals surface area contributed by atoms with Crippen LogP contribution in [0, 0.1) is 5.41 Å². The Morgan fingerprint density at radius 3 is 1.04 bits per heavy atom. The van der Waals surface area contributed by atoms with Crippen molar-refractivity contribution in [2.75, 3.05) is 39.6 Å². The van der Waals surface area contributed by atoms with Crippen LogP contribution in [-0.2, 0) is 38.1 Å². The third-order valence-electron chi connectivity index (χ3n) is 7.79. The SMILES string of the molecule is CCCCCCCCOC(=O)CCCCCC(=O)OCC(CO)(CO)COC(=O)CCCCCC(=O)OCCCCCCCC. The largest absolute Gasteiger partial charge is 0.466 e. The third-order valence-corrected chi connectivity index (χ3v) is 7.79. The van der Waals surface area contributed by atoms with Crippen LogP contribution in [0.15, 0.2) is 0 Å². The molecule has 0 spiro atoms. The first-order valence-corrected chi connectivity index (χ1v) is 17.7. The molecule has 2 N–H and O–H groups in total. The van der Waals surface area contributed by atoms with E-state index in [1.807, 2.05) is 0 Å². The summed E-state index contributed by atoms with van der Waals surface area (Å²) in [6.45, 7) is 3.67. The second kappa shape index (κ2) is 30.5. The molecule has 0 saturated heterocycles. The normalized spacial score (nSPS) is 11.3. The van der Waals surface area contributed by atoms with Gasteiger partial charge in [0, 0.05) is 25.7 Å². The maximum Gasteiger partial charge on any atom is 0.305 e. The molecule has 0 heterocycles. The molecular weight excluding hydrogens is 580 g/mol. The van der Waals surface area contributed by atoms with Crippen molar-refractivity contribution in [1.29, 1.82) is 0 Å². The van der Waals surface area contributed by atoms with Crippen LogP contribution in [0.25, 0.3) is 0 Å². The fraction of sp³-hybridized carbons (Fsp3) is 0.886. The summed E-state index contributed by atoms with van der Waals surface area (Å²) in [4.78, 5) is 48.0. The lowest BCUT2D eigenvalue weighted by molar-refractivity contribution is -0.159. The fourth-order valence-corrected chi connectivity index (χ4v) is 4.60. The van der Waals surface area contributed by atoms with Gasteiger partial charge in [0.2, 0.25) is 0 Å². The van der Waals surface area contributed by atoms with Crippen LogP contribution < -0.4 is 0 Å². The fourth-order valence-electron chi connectivity index (χ4n) is 4.60. The number of carbonyl (C=O) groups is 4. The monoisotopic (exact) mass is 644 g/mol. The molecule has 0 atom stereocenters. The molecule has 0 rings (SSSR count). The van der Waals surface area contributed by atoms with Crippen molar-refractivity contribution in [3.63, 3.8) is 0 Å². The quantitative estimate of drug-likeness (QED) is 0.0458. The summed E-state index contributed by atoms with van der Waals surface area (Å²) in [5.74, 6) is -1.39. The number of aliphatic hydroxyl groups excluding tert-OH is 2. The zero-order chi connectivity index (χ0) is 33.4. The maximum absolute atomic E-state index is 12.2. The van der Waals surface area contributed by atoms with Gasteiger partial charge >= 0.3 is 23.9 Å². The second-order valence-corrected chi connectivity index (χ2v) is 12.2. The average Bonchev–Trinajstić information content (AvgIpc) is 3.04. The van der Waals surface area contributed by atoms with Crippen LogP contribution in [0.2, 0.25) is 0 Å². The molecule has 0 fully saturated rings. The van der Waals surface area contributed by atoms with Gasteiger partial charge in [-0.3, -0.25) is 19.2 Å². The Hall–Kier alpha value is -2.20. The highest BCUT2D eigenvalue weighted by Gasteiger charge is 2.33. The lowest BCUT2D eigenvalue weighted by atomic mass is 9.92. The van der Waals surface area contributed by atoms with Gasteiger partial charge < -0.3 is 29.2 Å². The first-order chi connectivity index (χ1) is 21.8. The first-order valence-electron chi connectivity index (χ1n) is 17.7. The van der Waals surface area contributed by atoms with Gasteiger partial charge in [0.25, 0.3) is 0 Å². The van der Waals surface area contributed by atoms with E-state index in [9.17, 15) is 29.4 Å². The van der Waals surface area contributed by atoms with Crippen LogP contribution >= 0.6 is 0 Å². The molecule has 45 heavy (non-hydrogen) atoms. The molecule has 264 valence electrons. The predicted octanol–water partition coefficient (Wildman–Crippen LogP) is 6.75. The third kappa shape index (κ3) is 26.7. The van der Waals surface area contributed by atoms with E-state index in [4.69, 9.17) is 18.9 Å². The number of rotatable bonds is 32. The topological polar surface area (TPSA) is 146 Å². The van der Waals surface area contributed by atoms with Crippen molar-refractivity contribution in [2.45, 2.75) is 155 Å². The molecule has 10 nitrogen and oxygen atoms in total. The van der Waals surface area contributed by atoms with Crippen LogP contribution in [0.1, 0.15) is 155 Å². The Morgan fingerprint density at radius 1 is 0.422 bits per heavy atom. The van der Waals surface area contributed by atoms with Gasteiger partial charge in [-0.15, -0.1) is 0 Å². The summed E-state index contributed by atoms with van der Waals surface area (Å²) in [6.07, 6.45) is 18.2. The molecule has 10 heteroatoms. The zero-order valence-electron chi connectivity index (χ0n) is 28.5. The van der Waals surface area contributed by atoms with Crippen molar-refractivity contribution in [2.24, 2.45) is 5.41 Å². The average molecular weight is 645 g/mol. The highest BCUT2D eigenvalue weighted by atomic mass is 16.6. The van der Waals surface area contributed by atoms with Gasteiger partial charge in [-0.05, 0) is 38.5 Å². The lowest BCUT2D eigenvalue weighted by Crippen LogP contribution is -2.41. The maximum atomic E-state index is 12.2. The number of ether oxygens (including phenoxy) is 4. The summed E-state index contributed by atoms with van der Waals surface area (Å²) in [6, 6.07) is 0. The van der Waals surface area contributed by atoms with Crippen molar-refractivity contribution >= 4 is 23.9 Å². The molecule has 0 aliphatic heterocycles.